The lowest BCUT2D eigenvalue weighted by molar-refractivity contribution is -0.125. The molecule has 0 bridgehead atoms. The third-order valence-electron chi connectivity index (χ3n) is 6.38. The number of likely N-dealkylation sites (tertiary alicyclic amines) is 1. The van der Waals surface area contributed by atoms with Crippen LogP contribution >= 0.6 is 11.6 Å². The smallest absolute Gasteiger partial charge is 0.335 e. The van der Waals surface area contributed by atoms with E-state index in [0.29, 0.717) is 59.4 Å². The number of amides is 1. The van der Waals surface area contributed by atoms with Gasteiger partial charge in [-0.25, -0.2) is 14.8 Å². The Kier molecular flexibility index (Phi) is 7.17. The number of ether oxygens (including phenoxy) is 1. The van der Waals surface area contributed by atoms with Crippen LogP contribution in [0.5, 0.6) is 11.5 Å². The zero-order chi connectivity index (χ0) is 26.8. The molecule has 1 fully saturated rings. The first-order chi connectivity index (χ1) is 18.3. The van der Waals surface area contributed by atoms with Gasteiger partial charge in [-0.1, -0.05) is 23.7 Å². The van der Waals surface area contributed by atoms with E-state index in [4.69, 9.17) is 22.1 Å². The van der Waals surface area contributed by atoms with E-state index in [-0.39, 0.29) is 23.5 Å². The van der Waals surface area contributed by atoms with Gasteiger partial charge in [-0.2, -0.15) is 0 Å². The molecule has 196 valence electrons. The van der Waals surface area contributed by atoms with Gasteiger partial charge in [0.25, 0.3) is 0 Å². The molecular formula is C27H28ClN7O3. The van der Waals surface area contributed by atoms with Crippen molar-refractivity contribution in [2.24, 2.45) is 0 Å². The molecule has 10 nitrogen and oxygen atoms in total. The molecule has 1 unspecified atom stereocenters. The molecule has 1 amide bonds. The monoisotopic (exact) mass is 533 g/mol. The van der Waals surface area contributed by atoms with Gasteiger partial charge >= 0.3 is 5.69 Å². The molecular weight excluding hydrogens is 506 g/mol. The molecule has 4 aromatic rings. The Balaban J connectivity index is 1.45. The van der Waals surface area contributed by atoms with E-state index in [1.54, 1.807) is 58.0 Å². The van der Waals surface area contributed by atoms with E-state index in [2.05, 4.69) is 9.97 Å². The van der Waals surface area contributed by atoms with E-state index >= 15 is 0 Å². The summed E-state index contributed by atoms with van der Waals surface area (Å²) >= 11 is 6.05. The number of carbonyl (C=O) groups excluding carboxylic acids is 1. The maximum atomic E-state index is 13.8. The van der Waals surface area contributed by atoms with Crippen LogP contribution in [-0.4, -0.2) is 68.5 Å². The van der Waals surface area contributed by atoms with Gasteiger partial charge in [0.15, 0.2) is 11.5 Å². The Morgan fingerprint density at radius 3 is 2.71 bits per heavy atom. The van der Waals surface area contributed by atoms with E-state index in [1.807, 2.05) is 31.1 Å². The summed E-state index contributed by atoms with van der Waals surface area (Å²) in [5.74, 6) is 1.32. The van der Waals surface area contributed by atoms with Crippen LogP contribution in [0.2, 0.25) is 5.02 Å². The summed E-state index contributed by atoms with van der Waals surface area (Å²) in [6, 6.07) is 14.0. The van der Waals surface area contributed by atoms with Crippen LogP contribution in [0.25, 0.3) is 16.9 Å². The first-order valence-electron chi connectivity index (χ1n) is 12.2. The normalized spacial score (nSPS) is 15.7. The van der Waals surface area contributed by atoms with Crippen LogP contribution < -0.4 is 16.2 Å². The number of hydrogen-bond donors (Lipinski definition) is 1. The fourth-order valence-electron chi connectivity index (χ4n) is 4.59. The zero-order valence-electron chi connectivity index (χ0n) is 21.1. The molecule has 0 aliphatic carbocycles. The summed E-state index contributed by atoms with van der Waals surface area (Å²) in [6.45, 7) is 1.63. The van der Waals surface area contributed by atoms with Crippen molar-refractivity contribution in [3.63, 3.8) is 0 Å². The van der Waals surface area contributed by atoms with E-state index in [1.165, 1.54) is 10.9 Å². The quantitative estimate of drug-likeness (QED) is 0.362. The highest BCUT2D eigenvalue weighted by Gasteiger charge is 2.31. The lowest BCUT2D eigenvalue weighted by Gasteiger charge is -2.15. The lowest BCUT2D eigenvalue weighted by Crippen LogP contribution is -2.31. The predicted molar refractivity (Wildman–Crippen MR) is 147 cm³/mol. The molecule has 1 saturated heterocycles. The van der Waals surface area contributed by atoms with Gasteiger partial charge in [-0.05, 0) is 63.0 Å². The zero-order valence-corrected chi connectivity index (χ0v) is 21.9. The average Bonchev–Trinajstić information content (AvgIpc) is 3.47. The Morgan fingerprint density at radius 1 is 1.18 bits per heavy atom. The molecule has 2 N–H and O–H groups in total. The first-order valence-corrected chi connectivity index (χ1v) is 12.6. The fraction of sp³-hybridized carbons (Fsp3) is 0.259. The highest BCUT2D eigenvalue weighted by Crippen LogP contribution is 2.29. The Morgan fingerprint density at radius 2 is 1.97 bits per heavy atom. The third kappa shape index (κ3) is 5.13. The number of nitrogen functional groups attached to an aromatic ring is 1. The minimum absolute atomic E-state index is 0.0735. The summed E-state index contributed by atoms with van der Waals surface area (Å²) in [4.78, 5) is 38.7. The van der Waals surface area contributed by atoms with Gasteiger partial charge in [0.2, 0.25) is 5.91 Å². The topological polar surface area (TPSA) is 112 Å². The Bertz CT molecular complexity index is 1560. The molecule has 1 aliphatic rings. The molecule has 2 aromatic carbocycles. The fourth-order valence-corrected chi connectivity index (χ4v) is 4.77. The number of aromatic nitrogens is 4. The molecule has 5 rings (SSSR count). The molecule has 3 heterocycles. The largest absolute Gasteiger partial charge is 0.457 e. The number of rotatable bonds is 7. The van der Waals surface area contributed by atoms with Crippen molar-refractivity contribution in [1.29, 1.82) is 0 Å². The number of halogens is 1. The highest BCUT2D eigenvalue weighted by atomic mass is 35.5. The van der Waals surface area contributed by atoms with Crippen molar-refractivity contribution in [2.75, 3.05) is 39.5 Å². The predicted octanol–water partition coefficient (Wildman–Crippen LogP) is 3.50. The second-order valence-corrected chi connectivity index (χ2v) is 9.80. The average molecular weight is 534 g/mol. The van der Waals surface area contributed by atoms with Crippen LogP contribution in [-0.2, 0) is 4.79 Å². The summed E-state index contributed by atoms with van der Waals surface area (Å²) in [7, 11) is 3.88. The lowest BCUT2D eigenvalue weighted by atomic mass is 10.2. The summed E-state index contributed by atoms with van der Waals surface area (Å²) in [6.07, 6.45) is 5.40. The molecule has 0 spiro atoms. The molecule has 2 aromatic heterocycles. The molecule has 1 atom stereocenters. The molecule has 38 heavy (non-hydrogen) atoms. The second-order valence-electron chi connectivity index (χ2n) is 9.36. The summed E-state index contributed by atoms with van der Waals surface area (Å²) < 4.78 is 9.02. The standard InChI is InChI=1S/C27H28ClN7O3/c1-32(2)13-4-7-23(36)33-14-12-20(16-33)35-26-24(25(29)30-17-31-26)34(27(35)37)19-8-10-21(11-9-19)38-22-6-3-5-18(28)15-22/h3-11,15,17,20H,12-14,16H2,1-2H3,(H2,29,30,31)/b7-4+. The van der Waals surface area contributed by atoms with Gasteiger partial charge in [0.1, 0.15) is 23.3 Å². The van der Waals surface area contributed by atoms with Crippen molar-refractivity contribution in [2.45, 2.75) is 12.5 Å². The van der Waals surface area contributed by atoms with Crippen LogP contribution in [0.1, 0.15) is 12.5 Å². The van der Waals surface area contributed by atoms with Crippen LogP contribution in [0.4, 0.5) is 5.82 Å². The van der Waals surface area contributed by atoms with Gasteiger partial charge in [0, 0.05) is 30.7 Å². The van der Waals surface area contributed by atoms with Crippen LogP contribution in [0.15, 0.2) is 71.8 Å². The van der Waals surface area contributed by atoms with E-state index in [9.17, 15) is 9.59 Å². The number of hydrogen-bond acceptors (Lipinski definition) is 7. The highest BCUT2D eigenvalue weighted by molar-refractivity contribution is 6.30. The van der Waals surface area contributed by atoms with Crippen molar-refractivity contribution < 1.29 is 9.53 Å². The molecule has 0 radical (unpaired) electrons. The van der Waals surface area contributed by atoms with Gasteiger partial charge < -0.3 is 20.3 Å². The first kappa shape index (κ1) is 25.5. The number of nitrogens with zero attached hydrogens (tertiary/aromatic N) is 6. The second kappa shape index (κ2) is 10.7. The number of benzene rings is 2. The number of likely N-dealkylation sites (N-methyl/N-ethyl adjacent to an activating group) is 1. The molecule has 0 saturated carbocycles. The van der Waals surface area contributed by atoms with Gasteiger partial charge in [0.05, 0.1) is 11.7 Å². The minimum Gasteiger partial charge on any atom is -0.457 e. The van der Waals surface area contributed by atoms with Gasteiger partial charge in [-0.3, -0.25) is 13.9 Å². The van der Waals surface area contributed by atoms with Crippen molar-refractivity contribution in [3.8, 4) is 17.2 Å². The van der Waals surface area contributed by atoms with E-state index in [0.717, 1.165) is 0 Å². The van der Waals surface area contributed by atoms with Crippen LogP contribution in [0, 0.1) is 0 Å². The number of anilines is 1. The molecule has 1 aliphatic heterocycles. The summed E-state index contributed by atoms with van der Waals surface area (Å²) in [5, 5.41) is 0.575. The van der Waals surface area contributed by atoms with Crippen molar-refractivity contribution in [1.82, 2.24) is 28.9 Å². The van der Waals surface area contributed by atoms with E-state index < -0.39 is 0 Å². The number of fused-ring (bicyclic) bond motifs is 1. The number of carbonyl (C=O) groups is 1. The van der Waals surface area contributed by atoms with Crippen LogP contribution in [0.3, 0.4) is 0 Å². The molecule has 11 heteroatoms. The Labute approximate surface area is 224 Å². The SMILES string of the molecule is CN(C)C/C=C/C(=O)N1CCC(n2c(=O)n(-c3ccc(Oc4cccc(Cl)c4)cc3)c3c(N)ncnc32)C1. The maximum Gasteiger partial charge on any atom is 0.335 e. The number of nitrogens with two attached hydrogens (primary N) is 1. The maximum absolute atomic E-state index is 13.8. The van der Waals surface area contributed by atoms with Gasteiger partial charge in [-0.15, -0.1) is 0 Å². The minimum atomic E-state index is -0.293. The Hall–Kier alpha value is -4.15. The number of imidazole rings is 1. The van der Waals surface area contributed by atoms with Crippen molar-refractivity contribution in [3.05, 3.63) is 82.5 Å². The summed E-state index contributed by atoms with van der Waals surface area (Å²) in [5.41, 5.74) is 7.40. The van der Waals surface area contributed by atoms with Crippen molar-refractivity contribution >= 4 is 34.5 Å². The third-order valence-corrected chi connectivity index (χ3v) is 6.61.